The van der Waals surface area contributed by atoms with Gasteiger partial charge in [-0.15, -0.1) is 0 Å². The van der Waals surface area contributed by atoms with Gasteiger partial charge in [-0.1, -0.05) is 30.3 Å². The van der Waals surface area contributed by atoms with Gasteiger partial charge < -0.3 is 15.0 Å². The minimum Gasteiger partial charge on any atom is -0.387 e. The van der Waals surface area contributed by atoms with Crippen LogP contribution in [0, 0.1) is 0 Å². The van der Waals surface area contributed by atoms with Crippen molar-refractivity contribution in [3.05, 3.63) is 58.3 Å². The molecule has 0 radical (unpaired) electrons. The molecule has 2 rings (SSSR count). The second kappa shape index (κ2) is 6.04. The number of halogens is 1. The molecule has 0 fully saturated rings. The third-order valence-electron chi connectivity index (χ3n) is 2.84. The number of amides is 1. The van der Waals surface area contributed by atoms with Gasteiger partial charge in [-0.2, -0.15) is 0 Å². The lowest BCUT2D eigenvalue weighted by atomic mass is 10.1. The van der Waals surface area contributed by atoms with Crippen LogP contribution in [0.25, 0.3) is 0 Å². The summed E-state index contributed by atoms with van der Waals surface area (Å²) in [4.78, 5) is 12.0. The Balaban J connectivity index is 1.96. The van der Waals surface area contributed by atoms with E-state index in [9.17, 15) is 9.90 Å². The molecule has 0 bridgehead atoms. The van der Waals surface area contributed by atoms with Gasteiger partial charge in [0.1, 0.15) is 5.69 Å². The SMILES string of the molecule is Cn1cc(Br)cc1C(=O)NCC(O)c1ccccc1. The molecule has 1 aromatic heterocycles. The van der Waals surface area contributed by atoms with Gasteiger partial charge >= 0.3 is 0 Å². The van der Waals surface area contributed by atoms with Crippen molar-refractivity contribution in [1.82, 2.24) is 9.88 Å². The summed E-state index contributed by atoms with van der Waals surface area (Å²) in [5, 5.41) is 12.7. The molecule has 0 aliphatic heterocycles. The predicted octanol–water partition coefficient (Wildman–Crippen LogP) is 2.25. The molecule has 0 aliphatic carbocycles. The summed E-state index contributed by atoms with van der Waals surface area (Å²) < 4.78 is 2.58. The summed E-state index contributed by atoms with van der Waals surface area (Å²) in [6, 6.07) is 11.0. The highest BCUT2D eigenvalue weighted by molar-refractivity contribution is 9.10. The van der Waals surface area contributed by atoms with Crippen molar-refractivity contribution >= 4 is 21.8 Å². The molecule has 4 nitrogen and oxygen atoms in total. The number of rotatable bonds is 4. The largest absolute Gasteiger partial charge is 0.387 e. The van der Waals surface area contributed by atoms with E-state index in [0.717, 1.165) is 10.0 Å². The normalized spacial score (nSPS) is 12.2. The molecule has 1 amide bonds. The van der Waals surface area contributed by atoms with Crippen LogP contribution in [0.1, 0.15) is 22.2 Å². The van der Waals surface area contributed by atoms with Crippen LogP contribution in [0.5, 0.6) is 0 Å². The van der Waals surface area contributed by atoms with Crippen LogP contribution in [0.2, 0.25) is 0 Å². The van der Waals surface area contributed by atoms with Crippen LogP contribution in [0.15, 0.2) is 47.1 Å². The summed E-state index contributed by atoms with van der Waals surface area (Å²) >= 11 is 3.32. The molecule has 5 heteroatoms. The average Bonchev–Trinajstić information content (AvgIpc) is 2.75. The molecular formula is C14H15BrN2O2. The Labute approximate surface area is 120 Å². The maximum atomic E-state index is 12.0. The number of benzene rings is 1. The molecule has 0 aliphatic rings. The molecule has 1 unspecified atom stereocenters. The first-order chi connectivity index (χ1) is 9.08. The molecule has 2 aromatic rings. The van der Waals surface area contributed by atoms with Crippen LogP contribution in [0.3, 0.4) is 0 Å². The number of hydrogen-bond acceptors (Lipinski definition) is 2. The van der Waals surface area contributed by atoms with Crippen molar-refractivity contribution in [2.24, 2.45) is 7.05 Å². The van der Waals surface area contributed by atoms with E-state index in [0.29, 0.717) is 5.69 Å². The molecule has 1 aromatic carbocycles. The molecule has 100 valence electrons. The van der Waals surface area contributed by atoms with Crippen LogP contribution >= 0.6 is 15.9 Å². The monoisotopic (exact) mass is 322 g/mol. The van der Waals surface area contributed by atoms with E-state index in [-0.39, 0.29) is 12.5 Å². The van der Waals surface area contributed by atoms with Crippen molar-refractivity contribution in [1.29, 1.82) is 0 Å². The third-order valence-corrected chi connectivity index (χ3v) is 3.28. The molecular weight excluding hydrogens is 308 g/mol. The molecule has 19 heavy (non-hydrogen) atoms. The minimum atomic E-state index is -0.700. The summed E-state index contributed by atoms with van der Waals surface area (Å²) in [6.07, 6.45) is 1.11. The van der Waals surface area contributed by atoms with E-state index in [2.05, 4.69) is 21.2 Å². The first-order valence-electron chi connectivity index (χ1n) is 5.91. The summed E-state index contributed by atoms with van der Waals surface area (Å²) in [7, 11) is 1.80. The van der Waals surface area contributed by atoms with Gasteiger partial charge in [-0.25, -0.2) is 0 Å². The van der Waals surface area contributed by atoms with Crippen molar-refractivity contribution < 1.29 is 9.90 Å². The smallest absolute Gasteiger partial charge is 0.268 e. The van der Waals surface area contributed by atoms with Gasteiger partial charge in [0.15, 0.2) is 0 Å². The molecule has 2 N–H and O–H groups in total. The Morgan fingerprint density at radius 1 is 1.42 bits per heavy atom. The summed E-state index contributed by atoms with van der Waals surface area (Å²) in [6.45, 7) is 0.186. The zero-order chi connectivity index (χ0) is 13.8. The predicted molar refractivity (Wildman–Crippen MR) is 76.8 cm³/mol. The second-order valence-electron chi connectivity index (χ2n) is 4.29. The maximum Gasteiger partial charge on any atom is 0.268 e. The highest BCUT2D eigenvalue weighted by Crippen LogP contribution is 2.14. The fourth-order valence-electron chi connectivity index (χ4n) is 1.82. The van der Waals surface area contributed by atoms with Gasteiger partial charge in [-0.05, 0) is 27.6 Å². The van der Waals surface area contributed by atoms with Crippen LogP contribution in [-0.4, -0.2) is 22.1 Å². The van der Waals surface area contributed by atoms with Crippen molar-refractivity contribution in [2.75, 3.05) is 6.54 Å². The topological polar surface area (TPSA) is 54.3 Å². The van der Waals surface area contributed by atoms with Crippen molar-refractivity contribution in [2.45, 2.75) is 6.10 Å². The van der Waals surface area contributed by atoms with E-state index in [1.807, 2.05) is 36.5 Å². The number of hydrogen-bond donors (Lipinski definition) is 2. The Morgan fingerprint density at radius 2 is 2.11 bits per heavy atom. The molecule has 0 saturated carbocycles. The molecule has 1 atom stereocenters. The first-order valence-corrected chi connectivity index (χ1v) is 6.70. The van der Waals surface area contributed by atoms with E-state index in [1.54, 1.807) is 17.7 Å². The van der Waals surface area contributed by atoms with E-state index >= 15 is 0 Å². The minimum absolute atomic E-state index is 0.186. The lowest BCUT2D eigenvalue weighted by Crippen LogP contribution is -2.29. The summed E-state index contributed by atoms with van der Waals surface area (Å²) in [5.74, 6) is -0.205. The lowest BCUT2D eigenvalue weighted by molar-refractivity contribution is 0.0908. The molecule has 0 saturated heterocycles. The third kappa shape index (κ3) is 3.45. The fourth-order valence-corrected chi connectivity index (χ4v) is 2.35. The Hall–Kier alpha value is -1.59. The Morgan fingerprint density at radius 3 is 2.68 bits per heavy atom. The number of nitrogens with zero attached hydrogens (tertiary/aromatic N) is 1. The molecule has 0 spiro atoms. The Bertz CT molecular complexity index is 566. The van der Waals surface area contributed by atoms with Gasteiger partial charge in [-0.3, -0.25) is 4.79 Å². The number of carbonyl (C=O) groups excluding carboxylic acids is 1. The van der Waals surface area contributed by atoms with Crippen molar-refractivity contribution in [3.63, 3.8) is 0 Å². The first kappa shape index (κ1) is 13.8. The second-order valence-corrected chi connectivity index (χ2v) is 5.21. The van der Waals surface area contributed by atoms with E-state index < -0.39 is 6.10 Å². The van der Waals surface area contributed by atoms with Crippen LogP contribution < -0.4 is 5.32 Å². The van der Waals surface area contributed by atoms with Crippen LogP contribution in [-0.2, 0) is 7.05 Å². The highest BCUT2D eigenvalue weighted by Gasteiger charge is 2.13. The van der Waals surface area contributed by atoms with Crippen molar-refractivity contribution in [3.8, 4) is 0 Å². The zero-order valence-corrected chi connectivity index (χ0v) is 12.1. The standard InChI is InChI=1S/C14H15BrN2O2/c1-17-9-11(15)7-12(17)14(19)16-8-13(18)10-5-3-2-4-6-10/h2-7,9,13,18H,8H2,1H3,(H,16,19). The number of aliphatic hydroxyl groups is 1. The van der Waals surface area contributed by atoms with Gasteiger partial charge in [0.05, 0.1) is 6.10 Å². The fraction of sp³-hybridized carbons (Fsp3) is 0.214. The van der Waals surface area contributed by atoms with E-state index in [1.165, 1.54) is 0 Å². The number of carbonyl (C=O) groups is 1. The average molecular weight is 323 g/mol. The zero-order valence-electron chi connectivity index (χ0n) is 10.5. The van der Waals surface area contributed by atoms with E-state index in [4.69, 9.17) is 0 Å². The van der Waals surface area contributed by atoms with Gasteiger partial charge in [0, 0.05) is 24.3 Å². The number of aryl methyl sites for hydroxylation is 1. The Kier molecular flexibility index (Phi) is 4.39. The van der Waals surface area contributed by atoms with Gasteiger partial charge in [0.25, 0.3) is 5.91 Å². The number of aromatic nitrogens is 1. The summed E-state index contributed by atoms with van der Waals surface area (Å²) in [5.41, 5.74) is 1.34. The lowest BCUT2D eigenvalue weighted by Gasteiger charge is -2.12. The molecule has 1 heterocycles. The number of nitrogens with one attached hydrogen (secondary N) is 1. The van der Waals surface area contributed by atoms with Crippen LogP contribution in [0.4, 0.5) is 0 Å². The highest BCUT2D eigenvalue weighted by atomic mass is 79.9. The maximum absolute atomic E-state index is 12.0. The van der Waals surface area contributed by atoms with Gasteiger partial charge in [0.2, 0.25) is 0 Å². The number of aliphatic hydroxyl groups excluding tert-OH is 1. The quantitative estimate of drug-likeness (QED) is 0.907.